The van der Waals surface area contributed by atoms with Crippen molar-refractivity contribution in [2.24, 2.45) is 0 Å². The van der Waals surface area contributed by atoms with Crippen LogP contribution in [0.5, 0.6) is 11.5 Å². The van der Waals surface area contributed by atoms with Gasteiger partial charge in [-0.1, -0.05) is 18.2 Å². The Morgan fingerprint density at radius 1 is 1.00 bits per heavy atom. The summed E-state index contributed by atoms with van der Waals surface area (Å²) in [5.74, 6) is -2.95. The van der Waals surface area contributed by atoms with Gasteiger partial charge < -0.3 is 14.8 Å². The van der Waals surface area contributed by atoms with Gasteiger partial charge in [0.05, 0.1) is 0 Å². The lowest BCUT2D eigenvalue weighted by Gasteiger charge is -2.28. The molecule has 3 rings (SSSR count). The first-order valence-electron chi connectivity index (χ1n) is 7.05. The van der Waals surface area contributed by atoms with E-state index in [0.717, 1.165) is 12.1 Å². The molecule has 136 valence electrons. The number of nitrogens with one attached hydrogen (secondary N) is 1. The van der Waals surface area contributed by atoms with Crippen molar-refractivity contribution in [2.45, 2.75) is 12.5 Å². The van der Waals surface area contributed by atoms with Crippen molar-refractivity contribution in [3.63, 3.8) is 0 Å². The van der Waals surface area contributed by atoms with Gasteiger partial charge in [-0.2, -0.15) is 0 Å². The maximum atomic E-state index is 13.9. The van der Waals surface area contributed by atoms with Crippen molar-refractivity contribution in [3.8, 4) is 22.6 Å². The van der Waals surface area contributed by atoms with Crippen LogP contribution in [0.15, 0.2) is 36.4 Å². The highest BCUT2D eigenvalue weighted by Gasteiger charge is 2.33. The Hall–Kier alpha value is -2.06. The maximum Gasteiger partial charge on any atom is 0.573 e. The lowest BCUT2D eigenvalue weighted by Crippen LogP contribution is -2.50. The zero-order chi connectivity index (χ0) is 17.3. The normalized spacial score (nSPS) is 14.4. The van der Waals surface area contributed by atoms with Crippen molar-refractivity contribution in [2.75, 3.05) is 13.1 Å². The monoisotopic (exact) mass is 381 g/mol. The first kappa shape index (κ1) is 19.3. The van der Waals surface area contributed by atoms with Crippen molar-refractivity contribution in [1.29, 1.82) is 0 Å². The van der Waals surface area contributed by atoms with Crippen molar-refractivity contribution in [1.82, 2.24) is 5.32 Å². The molecule has 1 heterocycles. The van der Waals surface area contributed by atoms with Crippen LogP contribution in [0.4, 0.5) is 22.0 Å². The number of hydrogen-bond acceptors (Lipinski definition) is 3. The van der Waals surface area contributed by atoms with Gasteiger partial charge in [-0.25, -0.2) is 8.78 Å². The summed E-state index contributed by atoms with van der Waals surface area (Å²) < 4.78 is 74.4. The molecular weight excluding hydrogens is 369 g/mol. The summed E-state index contributed by atoms with van der Waals surface area (Å²) in [6.45, 7) is 1.01. The van der Waals surface area contributed by atoms with E-state index < -0.39 is 23.7 Å². The number of benzene rings is 2. The van der Waals surface area contributed by atoms with E-state index in [1.807, 2.05) is 0 Å². The highest BCUT2D eigenvalue weighted by Crippen LogP contribution is 2.37. The van der Waals surface area contributed by atoms with Crippen molar-refractivity contribution >= 4 is 12.4 Å². The molecule has 0 unspecified atom stereocenters. The summed E-state index contributed by atoms with van der Waals surface area (Å²) in [5.41, 5.74) is -0.121. The molecule has 1 fully saturated rings. The number of alkyl halides is 3. The molecule has 0 aliphatic carbocycles. The number of rotatable bonds is 4. The second kappa shape index (κ2) is 7.45. The third-order valence-electron chi connectivity index (χ3n) is 3.47. The summed E-state index contributed by atoms with van der Waals surface area (Å²) in [5, 5.41) is 2.92. The third kappa shape index (κ3) is 4.52. The highest BCUT2D eigenvalue weighted by molar-refractivity contribution is 5.85. The minimum absolute atomic E-state index is 0. The molecular formula is C16H13ClF5NO2. The molecule has 0 spiro atoms. The molecule has 0 radical (unpaired) electrons. The van der Waals surface area contributed by atoms with E-state index in [-0.39, 0.29) is 35.4 Å². The van der Waals surface area contributed by atoms with Crippen LogP contribution in [0.25, 0.3) is 11.1 Å². The smallest absolute Gasteiger partial charge is 0.484 e. The Kier molecular flexibility index (Phi) is 5.74. The fraction of sp³-hybridized carbons (Fsp3) is 0.250. The Bertz CT molecular complexity index is 750. The van der Waals surface area contributed by atoms with E-state index in [2.05, 4.69) is 10.1 Å². The first-order valence-corrected chi connectivity index (χ1v) is 7.05. The molecule has 0 amide bonds. The molecule has 9 heteroatoms. The first-order chi connectivity index (χ1) is 11.3. The van der Waals surface area contributed by atoms with Gasteiger partial charge in [-0.15, -0.1) is 25.6 Å². The van der Waals surface area contributed by atoms with Gasteiger partial charge in [0, 0.05) is 18.7 Å². The Morgan fingerprint density at radius 3 is 2.32 bits per heavy atom. The standard InChI is InChI=1S/C16H12F5NO2.ClH/c17-12-3-1-2-11(15(12)18)9-4-5-13(23-10-7-22-8-10)14(6-9)24-16(19,20)21;/h1-6,10,22H,7-8H2;1H. The van der Waals surface area contributed by atoms with Crippen molar-refractivity contribution < 1.29 is 31.4 Å². The molecule has 1 saturated heterocycles. The van der Waals surface area contributed by atoms with E-state index in [9.17, 15) is 22.0 Å². The second-order valence-corrected chi connectivity index (χ2v) is 5.21. The second-order valence-electron chi connectivity index (χ2n) is 5.21. The highest BCUT2D eigenvalue weighted by atomic mass is 35.5. The lowest BCUT2D eigenvalue weighted by atomic mass is 10.0. The summed E-state index contributed by atoms with van der Waals surface area (Å²) >= 11 is 0. The van der Waals surface area contributed by atoms with Gasteiger partial charge in [0.1, 0.15) is 6.10 Å². The van der Waals surface area contributed by atoms with E-state index >= 15 is 0 Å². The van der Waals surface area contributed by atoms with Gasteiger partial charge in [-0.05, 0) is 23.8 Å². The molecule has 2 aromatic carbocycles. The molecule has 0 saturated carbocycles. The average Bonchev–Trinajstić information content (AvgIpc) is 2.45. The lowest BCUT2D eigenvalue weighted by molar-refractivity contribution is -0.275. The largest absolute Gasteiger partial charge is 0.573 e. The predicted octanol–water partition coefficient (Wildman–Crippen LogP) is 4.30. The minimum Gasteiger partial charge on any atom is -0.484 e. The van der Waals surface area contributed by atoms with Crippen molar-refractivity contribution in [3.05, 3.63) is 48.0 Å². The summed E-state index contributed by atoms with van der Waals surface area (Å²) in [6.07, 6.45) is -5.20. The predicted molar refractivity (Wildman–Crippen MR) is 83.0 cm³/mol. The van der Waals surface area contributed by atoms with E-state index in [4.69, 9.17) is 4.74 Å². The Labute approximate surface area is 146 Å². The Morgan fingerprint density at radius 2 is 1.72 bits per heavy atom. The van der Waals surface area contributed by atoms with Crippen LogP contribution in [0.3, 0.4) is 0 Å². The van der Waals surface area contributed by atoms with Gasteiger partial charge >= 0.3 is 6.36 Å². The van der Waals surface area contributed by atoms with Gasteiger partial charge in [0.2, 0.25) is 0 Å². The van der Waals surface area contributed by atoms with Crippen LogP contribution in [0, 0.1) is 11.6 Å². The summed E-state index contributed by atoms with van der Waals surface area (Å²) in [4.78, 5) is 0. The quantitative estimate of drug-likeness (QED) is 0.801. The van der Waals surface area contributed by atoms with Gasteiger partial charge in [0.15, 0.2) is 23.1 Å². The van der Waals surface area contributed by atoms with Crippen LogP contribution in [0.1, 0.15) is 0 Å². The zero-order valence-electron chi connectivity index (χ0n) is 12.6. The Balaban J connectivity index is 0.00000225. The number of hydrogen-bond donors (Lipinski definition) is 1. The fourth-order valence-corrected chi connectivity index (χ4v) is 2.23. The molecule has 3 nitrogen and oxygen atoms in total. The average molecular weight is 382 g/mol. The van der Waals surface area contributed by atoms with E-state index in [1.54, 1.807) is 0 Å². The van der Waals surface area contributed by atoms with Gasteiger partial charge in [0.25, 0.3) is 0 Å². The van der Waals surface area contributed by atoms with E-state index in [1.165, 1.54) is 24.3 Å². The minimum atomic E-state index is -4.94. The summed E-state index contributed by atoms with van der Waals surface area (Å²) in [7, 11) is 0. The summed E-state index contributed by atoms with van der Waals surface area (Å²) in [6, 6.07) is 7.03. The van der Waals surface area contributed by atoms with Crippen LogP contribution < -0.4 is 14.8 Å². The molecule has 0 atom stereocenters. The number of ether oxygens (including phenoxy) is 2. The van der Waals surface area contributed by atoms with E-state index in [0.29, 0.717) is 13.1 Å². The molecule has 0 aromatic heterocycles. The molecule has 25 heavy (non-hydrogen) atoms. The van der Waals surface area contributed by atoms with Crippen LogP contribution in [-0.2, 0) is 0 Å². The van der Waals surface area contributed by atoms with Crippen LogP contribution in [0.2, 0.25) is 0 Å². The molecule has 0 bridgehead atoms. The molecule has 1 aliphatic rings. The molecule has 2 aromatic rings. The number of halogens is 6. The maximum absolute atomic E-state index is 13.9. The zero-order valence-corrected chi connectivity index (χ0v) is 13.4. The fourth-order valence-electron chi connectivity index (χ4n) is 2.23. The van der Waals surface area contributed by atoms with Crippen LogP contribution >= 0.6 is 12.4 Å². The van der Waals surface area contributed by atoms with Gasteiger partial charge in [-0.3, -0.25) is 0 Å². The third-order valence-corrected chi connectivity index (χ3v) is 3.47. The molecule has 1 N–H and O–H groups in total. The van der Waals surface area contributed by atoms with Crippen LogP contribution in [-0.4, -0.2) is 25.6 Å². The SMILES string of the molecule is Cl.Fc1cccc(-c2ccc(OC3CNC3)c(OC(F)(F)F)c2)c1F. The molecule has 1 aliphatic heterocycles. The topological polar surface area (TPSA) is 30.5 Å².